The van der Waals surface area contributed by atoms with Gasteiger partial charge >= 0.3 is 0 Å². The number of nitrogens with one attached hydrogen (secondary N) is 2. The van der Waals surface area contributed by atoms with Gasteiger partial charge in [-0.2, -0.15) is 11.8 Å². The molecule has 0 radical (unpaired) electrons. The van der Waals surface area contributed by atoms with Gasteiger partial charge in [-0.3, -0.25) is 0 Å². The van der Waals surface area contributed by atoms with E-state index in [2.05, 4.69) is 14.7 Å². The Morgan fingerprint density at radius 1 is 1.44 bits per heavy atom. The van der Waals surface area contributed by atoms with Gasteiger partial charge in [0.1, 0.15) is 5.82 Å². The number of aromatic nitrogens is 2. The third-order valence-electron chi connectivity index (χ3n) is 2.52. The van der Waals surface area contributed by atoms with Gasteiger partial charge in [-0.25, -0.2) is 18.1 Å². The standard InChI is InChI=1S/C11H21N3O2S2/c1-8(2)11-12-7-10(13-11)18(15,16)14-9(3)5-6-17-4/h7-9,14H,5-6H2,1-4H3,(H,12,13)/t9-/m0/s1. The second-order valence-electron chi connectivity index (χ2n) is 4.59. The van der Waals surface area contributed by atoms with Gasteiger partial charge in [-0.15, -0.1) is 0 Å². The van der Waals surface area contributed by atoms with E-state index in [0.717, 1.165) is 12.2 Å². The Hall–Kier alpha value is -0.530. The Kier molecular flexibility index (Phi) is 5.68. The summed E-state index contributed by atoms with van der Waals surface area (Å²) in [6.45, 7) is 5.79. The number of hydrogen-bond acceptors (Lipinski definition) is 4. The van der Waals surface area contributed by atoms with Crippen LogP contribution in [-0.2, 0) is 10.0 Å². The molecule has 18 heavy (non-hydrogen) atoms. The van der Waals surface area contributed by atoms with Crippen molar-refractivity contribution in [2.45, 2.75) is 44.2 Å². The summed E-state index contributed by atoms with van der Waals surface area (Å²) in [6.07, 6.45) is 4.19. The summed E-state index contributed by atoms with van der Waals surface area (Å²) >= 11 is 1.70. The summed E-state index contributed by atoms with van der Waals surface area (Å²) in [6, 6.07) is -0.0757. The maximum absolute atomic E-state index is 12.1. The van der Waals surface area contributed by atoms with Gasteiger partial charge < -0.3 is 4.98 Å². The summed E-state index contributed by atoms with van der Waals surface area (Å²) in [5, 5.41) is 0.141. The predicted molar refractivity (Wildman–Crippen MR) is 75.5 cm³/mol. The molecule has 1 aromatic rings. The molecule has 1 aromatic heterocycles. The molecular formula is C11H21N3O2S2. The highest BCUT2D eigenvalue weighted by molar-refractivity contribution is 7.98. The molecule has 104 valence electrons. The molecule has 0 bridgehead atoms. The minimum Gasteiger partial charge on any atom is -0.332 e. The number of sulfonamides is 1. The molecule has 0 aromatic carbocycles. The third kappa shape index (κ3) is 4.29. The number of imidazole rings is 1. The summed E-state index contributed by atoms with van der Waals surface area (Å²) in [7, 11) is -3.48. The molecule has 5 nitrogen and oxygen atoms in total. The van der Waals surface area contributed by atoms with Crippen molar-refractivity contribution in [2.75, 3.05) is 12.0 Å². The average Bonchev–Trinajstić information content (AvgIpc) is 2.75. The van der Waals surface area contributed by atoms with Crippen LogP contribution < -0.4 is 4.72 Å². The Labute approximate surface area is 113 Å². The van der Waals surface area contributed by atoms with E-state index in [1.807, 2.05) is 27.0 Å². The molecule has 1 rings (SSSR count). The Morgan fingerprint density at radius 2 is 2.11 bits per heavy atom. The van der Waals surface area contributed by atoms with Crippen molar-refractivity contribution < 1.29 is 8.42 Å². The van der Waals surface area contributed by atoms with Crippen molar-refractivity contribution in [2.24, 2.45) is 0 Å². The molecule has 0 spiro atoms. The molecule has 2 N–H and O–H groups in total. The highest BCUT2D eigenvalue weighted by Gasteiger charge is 2.20. The zero-order chi connectivity index (χ0) is 13.8. The molecule has 0 saturated carbocycles. The lowest BCUT2D eigenvalue weighted by Gasteiger charge is -2.12. The molecule has 0 saturated heterocycles. The van der Waals surface area contributed by atoms with Gasteiger partial charge in [-0.1, -0.05) is 13.8 Å². The minimum atomic E-state index is -3.48. The molecule has 7 heteroatoms. The number of nitrogens with zero attached hydrogens (tertiary/aromatic N) is 1. The number of H-pyrrole nitrogens is 1. The monoisotopic (exact) mass is 291 g/mol. The molecule has 0 aliphatic heterocycles. The fraction of sp³-hybridized carbons (Fsp3) is 0.727. The van der Waals surface area contributed by atoms with Crippen LogP contribution in [0.1, 0.15) is 38.9 Å². The minimum absolute atomic E-state index is 0.0757. The normalized spacial score (nSPS) is 14.1. The van der Waals surface area contributed by atoms with E-state index in [9.17, 15) is 8.42 Å². The topological polar surface area (TPSA) is 74.8 Å². The zero-order valence-electron chi connectivity index (χ0n) is 11.2. The van der Waals surface area contributed by atoms with Crippen LogP contribution >= 0.6 is 11.8 Å². The van der Waals surface area contributed by atoms with E-state index in [4.69, 9.17) is 0 Å². The van der Waals surface area contributed by atoms with Crippen LogP contribution in [0.5, 0.6) is 0 Å². The van der Waals surface area contributed by atoms with Crippen molar-refractivity contribution in [1.82, 2.24) is 14.7 Å². The lowest BCUT2D eigenvalue weighted by molar-refractivity contribution is 0.553. The molecule has 0 amide bonds. The number of rotatable bonds is 7. The fourth-order valence-electron chi connectivity index (χ4n) is 1.43. The SMILES string of the molecule is CSCC[C@H](C)NS(=O)(=O)c1cnc(C(C)C)[nH]1. The maximum Gasteiger partial charge on any atom is 0.257 e. The summed E-state index contributed by atoms with van der Waals surface area (Å²) in [4.78, 5) is 6.92. The van der Waals surface area contributed by atoms with Crippen LogP contribution in [-0.4, -0.2) is 36.4 Å². The molecule has 0 unspecified atom stereocenters. The Bertz CT molecular complexity index is 468. The first kappa shape index (κ1) is 15.5. The van der Waals surface area contributed by atoms with Gasteiger partial charge in [0, 0.05) is 12.0 Å². The highest BCUT2D eigenvalue weighted by Crippen LogP contribution is 2.13. The lowest BCUT2D eigenvalue weighted by atomic mass is 10.2. The largest absolute Gasteiger partial charge is 0.332 e. The van der Waals surface area contributed by atoms with E-state index in [-0.39, 0.29) is 17.0 Å². The first-order valence-corrected chi connectivity index (χ1v) is 8.80. The quantitative estimate of drug-likeness (QED) is 0.805. The van der Waals surface area contributed by atoms with Crippen LogP contribution in [0.25, 0.3) is 0 Å². The second kappa shape index (κ2) is 6.58. The number of aromatic amines is 1. The second-order valence-corrected chi connectivity index (χ2v) is 7.26. The average molecular weight is 291 g/mol. The van der Waals surface area contributed by atoms with Crippen molar-refractivity contribution in [3.63, 3.8) is 0 Å². The summed E-state index contributed by atoms with van der Waals surface area (Å²) in [5.41, 5.74) is 0. The van der Waals surface area contributed by atoms with E-state index in [0.29, 0.717) is 5.82 Å². The van der Waals surface area contributed by atoms with Crippen LogP contribution in [0.4, 0.5) is 0 Å². The van der Waals surface area contributed by atoms with Crippen molar-refractivity contribution >= 4 is 21.8 Å². The van der Waals surface area contributed by atoms with Crippen LogP contribution in [0.2, 0.25) is 0 Å². The van der Waals surface area contributed by atoms with E-state index in [1.165, 1.54) is 6.20 Å². The van der Waals surface area contributed by atoms with Crippen LogP contribution in [0.3, 0.4) is 0 Å². The summed E-state index contributed by atoms with van der Waals surface area (Å²) < 4.78 is 26.8. The van der Waals surface area contributed by atoms with Gasteiger partial charge in [0.2, 0.25) is 0 Å². The van der Waals surface area contributed by atoms with Crippen molar-refractivity contribution in [3.8, 4) is 0 Å². The Balaban J connectivity index is 2.73. The fourth-order valence-corrected chi connectivity index (χ4v) is 3.23. The van der Waals surface area contributed by atoms with Gasteiger partial charge in [-0.05, 0) is 25.4 Å². The molecule has 1 heterocycles. The highest BCUT2D eigenvalue weighted by atomic mass is 32.2. The lowest BCUT2D eigenvalue weighted by Crippen LogP contribution is -2.33. The van der Waals surface area contributed by atoms with Gasteiger partial charge in [0.15, 0.2) is 5.03 Å². The van der Waals surface area contributed by atoms with Crippen LogP contribution in [0.15, 0.2) is 11.2 Å². The zero-order valence-corrected chi connectivity index (χ0v) is 12.9. The first-order chi connectivity index (χ1) is 8.36. The smallest absolute Gasteiger partial charge is 0.257 e. The van der Waals surface area contributed by atoms with E-state index in [1.54, 1.807) is 11.8 Å². The third-order valence-corrected chi connectivity index (χ3v) is 4.66. The van der Waals surface area contributed by atoms with Crippen LogP contribution in [0, 0.1) is 0 Å². The van der Waals surface area contributed by atoms with Crippen molar-refractivity contribution in [1.29, 1.82) is 0 Å². The number of thioether (sulfide) groups is 1. The Morgan fingerprint density at radius 3 is 2.61 bits per heavy atom. The molecular weight excluding hydrogens is 270 g/mol. The van der Waals surface area contributed by atoms with E-state index >= 15 is 0 Å². The molecule has 0 fully saturated rings. The predicted octanol–water partition coefficient (Wildman–Crippen LogP) is 1.95. The van der Waals surface area contributed by atoms with Crippen molar-refractivity contribution in [3.05, 3.63) is 12.0 Å². The van der Waals surface area contributed by atoms with Gasteiger partial charge in [0.05, 0.1) is 6.20 Å². The molecule has 0 aliphatic carbocycles. The van der Waals surface area contributed by atoms with Gasteiger partial charge in [0.25, 0.3) is 10.0 Å². The number of hydrogen-bond donors (Lipinski definition) is 2. The first-order valence-electron chi connectivity index (χ1n) is 5.93. The van der Waals surface area contributed by atoms with E-state index < -0.39 is 10.0 Å². The molecule has 1 atom stereocenters. The summed E-state index contributed by atoms with van der Waals surface area (Å²) in [5.74, 6) is 1.80. The maximum atomic E-state index is 12.1. The molecule has 0 aliphatic rings.